The number of aryl methyl sites for hydroxylation is 1. The SMILES string of the molecule is CCn1cc(C(=O)O)c(=O)c2cc(F)c(N3CCN(C4=C(c5ccc(N)cc5)C(=O)OC4)CC3)cc21. The second-order valence-corrected chi connectivity index (χ2v) is 8.78. The third-order valence-corrected chi connectivity index (χ3v) is 6.75. The number of rotatable bonds is 5. The lowest BCUT2D eigenvalue weighted by atomic mass is 10.0. The fourth-order valence-electron chi connectivity index (χ4n) is 4.85. The average Bonchev–Trinajstić information content (AvgIpc) is 3.26. The third-order valence-electron chi connectivity index (χ3n) is 6.75. The van der Waals surface area contributed by atoms with Gasteiger partial charge in [-0.3, -0.25) is 4.79 Å². The smallest absolute Gasteiger partial charge is 0.341 e. The minimum absolute atomic E-state index is 0.0385. The van der Waals surface area contributed by atoms with Crippen LogP contribution in [0.25, 0.3) is 16.5 Å². The topological polar surface area (TPSA) is 118 Å². The van der Waals surface area contributed by atoms with E-state index in [2.05, 4.69) is 4.90 Å². The number of carboxylic acid groups (broad SMARTS) is 1. The van der Waals surface area contributed by atoms with Crippen LogP contribution in [0.15, 0.2) is 53.1 Å². The molecule has 0 saturated carbocycles. The van der Waals surface area contributed by atoms with Gasteiger partial charge in [-0.15, -0.1) is 0 Å². The standard InChI is InChI=1S/C26H25FN4O5/c1-2-29-13-18(25(33)34)24(32)17-11-19(27)21(12-20(17)29)30-7-9-31(10-8-30)22-14-36-26(35)23(22)15-3-5-16(28)6-4-15/h3-6,11-13H,2,7-10,14,28H2,1H3,(H,33,34). The van der Waals surface area contributed by atoms with Crippen LogP contribution in [0.2, 0.25) is 0 Å². The van der Waals surface area contributed by atoms with Crippen LogP contribution in [-0.2, 0) is 16.1 Å². The molecule has 5 rings (SSSR count). The van der Waals surface area contributed by atoms with Crippen LogP contribution in [0.5, 0.6) is 0 Å². The van der Waals surface area contributed by atoms with E-state index in [1.807, 2.05) is 11.8 Å². The Labute approximate surface area is 205 Å². The third kappa shape index (κ3) is 3.94. The number of carbonyl (C=O) groups excluding carboxylic acids is 1. The number of aromatic carboxylic acids is 1. The number of pyridine rings is 1. The molecule has 3 aromatic rings. The van der Waals surface area contributed by atoms with E-state index >= 15 is 4.39 Å². The first-order valence-electron chi connectivity index (χ1n) is 11.6. The summed E-state index contributed by atoms with van der Waals surface area (Å²) in [6.07, 6.45) is 1.30. The number of esters is 1. The maximum atomic E-state index is 15.2. The van der Waals surface area contributed by atoms with Crippen molar-refractivity contribution in [3.63, 3.8) is 0 Å². The fourth-order valence-corrected chi connectivity index (χ4v) is 4.85. The van der Waals surface area contributed by atoms with Gasteiger partial charge < -0.3 is 29.9 Å². The largest absolute Gasteiger partial charge is 0.477 e. The van der Waals surface area contributed by atoms with Crippen LogP contribution in [-0.4, -0.2) is 59.3 Å². The van der Waals surface area contributed by atoms with Gasteiger partial charge >= 0.3 is 11.9 Å². The Hall–Kier alpha value is -4.34. The zero-order chi connectivity index (χ0) is 25.6. The molecule has 0 atom stereocenters. The van der Waals surface area contributed by atoms with Crippen molar-refractivity contribution in [3.05, 3.63) is 75.5 Å². The number of benzene rings is 2. The van der Waals surface area contributed by atoms with Crippen LogP contribution >= 0.6 is 0 Å². The van der Waals surface area contributed by atoms with E-state index in [9.17, 15) is 19.5 Å². The second kappa shape index (κ2) is 9.03. The molecular formula is C26H25FN4O5. The lowest BCUT2D eigenvalue weighted by Gasteiger charge is -2.38. The molecule has 9 nitrogen and oxygen atoms in total. The molecule has 186 valence electrons. The van der Waals surface area contributed by atoms with E-state index in [0.29, 0.717) is 55.2 Å². The molecule has 0 bridgehead atoms. The number of fused-ring (bicyclic) bond motifs is 1. The number of carboxylic acids is 1. The first-order chi connectivity index (χ1) is 17.3. The maximum absolute atomic E-state index is 15.2. The van der Waals surface area contributed by atoms with Gasteiger partial charge in [0.25, 0.3) is 0 Å². The van der Waals surface area contributed by atoms with Gasteiger partial charge in [-0.2, -0.15) is 0 Å². The van der Waals surface area contributed by atoms with Crippen LogP contribution in [0.3, 0.4) is 0 Å². The number of cyclic esters (lactones) is 1. The van der Waals surface area contributed by atoms with E-state index in [0.717, 1.165) is 17.3 Å². The minimum Gasteiger partial charge on any atom is -0.477 e. The van der Waals surface area contributed by atoms with Crippen LogP contribution < -0.4 is 16.1 Å². The number of piperazine rings is 1. The molecule has 0 unspecified atom stereocenters. The van der Waals surface area contributed by atoms with Crippen molar-refractivity contribution in [2.45, 2.75) is 13.5 Å². The van der Waals surface area contributed by atoms with Gasteiger partial charge in [0.1, 0.15) is 18.0 Å². The molecule has 3 N–H and O–H groups in total. The molecule has 1 aromatic heterocycles. The zero-order valence-corrected chi connectivity index (χ0v) is 19.7. The predicted molar refractivity (Wildman–Crippen MR) is 133 cm³/mol. The number of hydrogen-bond acceptors (Lipinski definition) is 7. The van der Waals surface area contributed by atoms with Crippen molar-refractivity contribution in [2.24, 2.45) is 0 Å². The highest BCUT2D eigenvalue weighted by molar-refractivity contribution is 6.19. The summed E-state index contributed by atoms with van der Waals surface area (Å²) in [4.78, 5) is 40.5. The number of nitrogens with two attached hydrogens (primary N) is 1. The Morgan fingerprint density at radius 3 is 2.39 bits per heavy atom. The number of aromatic nitrogens is 1. The molecule has 2 aliphatic heterocycles. The zero-order valence-electron chi connectivity index (χ0n) is 19.7. The lowest BCUT2D eigenvalue weighted by molar-refractivity contribution is -0.134. The van der Waals surface area contributed by atoms with Crippen molar-refractivity contribution in [3.8, 4) is 0 Å². The van der Waals surface area contributed by atoms with E-state index in [1.165, 1.54) is 6.20 Å². The van der Waals surface area contributed by atoms with E-state index in [-0.39, 0.29) is 23.5 Å². The van der Waals surface area contributed by atoms with Gasteiger partial charge in [0.2, 0.25) is 5.43 Å². The van der Waals surface area contributed by atoms with Crippen molar-refractivity contribution >= 4 is 39.8 Å². The molecule has 3 heterocycles. The lowest BCUT2D eigenvalue weighted by Crippen LogP contribution is -2.46. The molecule has 0 spiro atoms. The molecule has 0 aliphatic carbocycles. The number of halogens is 1. The van der Waals surface area contributed by atoms with Gasteiger partial charge in [-0.1, -0.05) is 12.1 Å². The number of nitrogens with zero attached hydrogens (tertiary/aromatic N) is 3. The highest BCUT2D eigenvalue weighted by atomic mass is 19.1. The predicted octanol–water partition coefficient (Wildman–Crippen LogP) is 2.53. The summed E-state index contributed by atoms with van der Waals surface area (Å²) in [5.74, 6) is -2.30. The Morgan fingerprint density at radius 1 is 1.08 bits per heavy atom. The summed E-state index contributed by atoms with van der Waals surface area (Å²) < 4.78 is 22.2. The van der Waals surface area contributed by atoms with Gasteiger partial charge in [-0.05, 0) is 36.8 Å². The Kier molecular flexibility index (Phi) is 5.87. The Bertz CT molecular complexity index is 1470. The molecule has 0 radical (unpaired) electrons. The van der Waals surface area contributed by atoms with Gasteiger partial charge in [0.05, 0.1) is 22.5 Å². The highest BCUT2D eigenvalue weighted by Gasteiger charge is 2.32. The fraction of sp³-hybridized carbons (Fsp3) is 0.269. The van der Waals surface area contributed by atoms with Crippen LogP contribution in [0.4, 0.5) is 15.8 Å². The van der Waals surface area contributed by atoms with Crippen molar-refractivity contribution in [1.29, 1.82) is 0 Å². The molecule has 2 aliphatic rings. The van der Waals surface area contributed by atoms with Crippen LogP contribution in [0, 0.1) is 5.82 Å². The quantitative estimate of drug-likeness (QED) is 0.412. The number of nitrogen functional groups attached to an aromatic ring is 1. The molecule has 36 heavy (non-hydrogen) atoms. The number of carbonyl (C=O) groups is 2. The highest BCUT2D eigenvalue weighted by Crippen LogP contribution is 2.31. The summed E-state index contributed by atoms with van der Waals surface area (Å²) in [6, 6.07) is 9.80. The summed E-state index contributed by atoms with van der Waals surface area (Å²) >= 11 is 0. The number of hydrogen-bond donors (Lipinski definition) is 2. The average molecular weight is 493 g/mol. The van der Waals surface area contributed by atoms with Gasteiger partial charge in [-0.25, -0.2) is 14.0 Å². The van der Waals surface area contributed by atoms with E-state index < -0.39 is 17.2 Å². The van der Waals surface area contributed by atoms with Gasteiger partial charge in [0, 0.05) is 50.0 Å². The first kappa shape index (κ1) is 23.4. The van der Waals surface area contributed by atoms with Gasteiger partial charge in [0.15, 0.2) is 0 Å². The van der Waals surface area contributed by atoms with Crippen LogP contribution in [0.1, 0.15) is 22.8 Å². The summed E-state index contributed by atoms with van der Waals surface area (Å²) in [5, 5.41) is 9.39. The molecule has 0 amide bonds. The Balaban J connectivity index is 1.44. The summed E-state index contributed by atoms with van der Waals surface area (Å²) in [5.41, 5.74) is 8.17. The number of ether oxygens (including phenoxy) is 1. The first-order valence-corrected chi connectivity index (χ1v) is 11.6. The molecular weight excluding hydrogens is 467 g/mol. The summed E-state index contributed by atoms with van der Waals surface area (Å²) in [6.45, 7) is 4.48. The summed E-state index contributed by atoms with van der Waals surface area (Å²) in [7, 11) is 0. The maximum Gasteiger partial charge on any atom is 0.341 e. The van der Waals surface area contributed by atoms with Crippen molar-refractivity contribution < 1.29 is 23.8 Å². The number of anilines is 2. The monoisotopic (exact) mass is 492 g/mol. The normalized spacial score (nSPS) is 16.1. The second-order valence-electron chi connectivity index (χ2n) is 8.78. The minimum atomic E-state index is -1.34. The molecule has 10 heteroatoms. The molecule has 1 fully saturated rings. The molecule has 2 aromatic carbocycles. The molecule has 1 saturated heterocycles. The van der Waals surface area contributed by atoms with E-state index in [1.54, 1.807) is 34.9 Å². The van der Waals surface area contributed by atoms with E-state index in [4.69, 9.17) is 10.5 Å². The van der Waals surface area contributed by atoms with Crippen molar-refractivity contribution in [2.75, 3.05) is 43.4 Å². The van der Waals surface area contributed by atoms with Crippen molar-refractivity contribution in [1.82, 2.24) is 9.47 Å². The Morgan fingerprint density at radius 2 is 1.75 bits per heavy atom.